The predicted octanol–water partition coefficient (Wildman–Crippen LogP) is 3.08. The fourth-order valence-electron chi connectivity index (χ4n) is 2.16. The van der Waals surface area contributed by atoms with Crippen molar-refractivity contribution in [3.8, 4) is 16.5 Å². The highest BCUT2D eigenvalue weighted by molar-refractivity contribution is 7.13. The molecule has 0 aliphatic heterocycles. The maximum Gasteiger partial charge on any atom is 0.291 e. The molecular weight excluding hydrogens is 373 g/mol. The molecule has 1 unspecified atom stereocenters. The van der Waals surface area contributed by atoms with E-state index in [0.29, 0.717) is 17.4 Å². The molecule has 3 aromatic rings. The minimum Gasteiger partial charge on any atom is -0.481 e. The zero-order valence-electron chi connectivity index (χ0n) is 14.5. The highest BCUT2D eigenvalue weighted by Crippen LogP contribution is 2.25. The van der Waals surface area contributed by atoms with Crippen LogP contribution in [0.2, 0.25) is 0 Å². The molecule has 2 heterocycles. The van der Waals surface area contributed by atoms with Crippen molar-refractivity contribution in [3.05, 3.63) is 59.0 Å². The van der Waals surface area contributed by atoms with Crippen LogP contribution in [0.25, 0.3) is 10.8 Å². The highest BCUT2D eigenvalue weighted by Gasteiger charge is 2.21. The second-order valence-corrected chi connectivity index (χ2v) is 6.51. The lowest BCUT2D eigenvalue weighted by Crippen LogP contribution is -2.47. The summed E-state index contributed by atoms with van der Waals surface area (Å²) in [6, 6.07) is 8.93. The maximum atomic E-state index is 12.9. The van der Waals surface area contributed by atoms with Gasteiger partial charge in [-0.15, -0.1) is 11.3 Å². The summed E-state index contributed by atoms with van der Waals surface area (Å²) in [6.07, 6.45) is -0.907. The number of amides is 2. The van der Waals surface area contributed by atoms with Gasteiger partial charge in [-0.2, -0.15) is 0 Å². The molecule has 3 rings (SSSR count). The van der Waals surface area contributed by atoms with Gasteiger partial charge in [0.05, 0.1) is 4.88 Å². The summed E-state index contributed by atoms with van der Waals surface area (Å²) in [5, 5.41) is 1.87. The van der Waals surface area contributed by atoms with Crippen LogP contribution in [0.3, 0.4) is 0 Å². The van der Waals surface area contributed by atoms with E-state index in [1.54, 1.807) is 6.92 Å². The molecule has 2 N–H and O–H groups in total. The summed E-state index contributed by atoms with van der Waals surface area (Å²) >= 11 is 1.44. The van der Waals surface area contributed by atoms with Crippen LogP contribution in [0.15, 0.2) is 46.2 Å². The molecule has 0 bridgehead atoms. The molecule has 27 heavy (non-hydrogen) atoms. The van der Waals surface area contributed by atoms with E-state index in [2.05, 4.69) is 15.8 Å². The van der Waals surface area contributed by atoms with Crippen LogP contribution in [0, 0.1) is 12.7 Å². The van der Waals surface area contributed by atoms with Crippen LogP contribution in [0.4, 0.5) is 4.39 Å². The number of carbonyl (C=O) groups is 2. The van der Waals surface area contributed by atoms with Crippen LogP contribution in [-0.4, -0.2) is 22.9 Å². The first-order chi connectivity index (χ1) is 12.9. The minimum absolute atomic E-state index is 0.0748. The Hall–Kier alpha value is -3.20. The van der Waals surface area contributed by atoms with E-state index >= 15 is 0 Å². The fraction of sp³-hybridized carbons (Fsp3) is 0.167. The molecule has 2 aromatic heterocycles. The number of rotatable bonds is 5. The van der Waals surface area contributed by atoms with Gasteiger partial charge in [0.25, 0.3) is 11.8 Å². The number of aryl methyl sites for hydroxylation is 1. The van der Waals surface area contributed by atoms with Crippen molar-refractivity contribution in [1.29, 1.82) is 0 Å². The number of oxazole rings is 1. The standard InChI is InChI=1S/C18H16FN3O4S/c1-10-15(20-18(26-10)14-4-3-9-27-14)17(24)22-21-16(23)11(2)25-13-7-5-12(19)6-8-13/h3-9,11H,1-2H3,(H,21,23)(H,22,24). The van der Waals surface area contributed by atoms with E-state index in [0.717, 1.165) is 4.88 Å². The van der Waals surface area contributed by atoms with E-state index < -0.39 is 23.7 Å². The number of thiophene rings is 1. The molecule has 0 radical (unpaired) electrons. The summed E-state index contributed by atoms with van der Waals surface area (Å²) in [7, 11) is 0. The molecule has 0 fully saturated rings. The normalized spacial score (nSPS) is 11.7. The van der Waals surface area contributed by atoms with Gasteiger partial charge in [-0.25, -0.2) is 9.37 Å². The molecule has 0 aliphatic rings. The van der Waals surface area contributed by atoms with E-state index in [4.69, 9.17) is 9.15 Å². The highest BCUT2D eigenvalue weighted by atomic mass is 32.1. The van der Waals surface area contributed by atoms with Crippen LogP contribution < -0.4 is 15.6 Å². The number of ether oxygens (including phenoxy) is 1. The second-order valence-electron chi connectivity index (χ2n) is 5.56. The van der Waals surface area contributed by atoms with Crippen LogP contribution >= 0.6 is 11.3 Å². The van der Waals surface area contributed by atoms with Crippen LogP contribution in [0.5, 0.6) is 5.75 Å². The quantitative estimate of drug-likeness (QED) is 0.654. The van der Waals surface area contributed by atoms with Crippen LogP contribution in [0.1, 0.15) is 23.2 Å². The SMILES string of the molecule is Cc1oc(-c2cccs2)nc1C(=O)NNC(=O)C(C)Oc1ccc(F)cc1. The molecule has 140 valence electrons. The third-order valence-electron chi connectivity index (χ3n) is 3.54. The monoisotopic (exact) mass is 389 g/mol. The Morgan fingerprint density at radius 1 is 1.22 bits per heavy atom. The maximum absolute atomic E-state index is 12.9. The van der Waals surface area contributed by atoms with Crippen molar-refractivity contribution in [2.75, 3.05) is 0 Å². The van der Waals surface area contributed by atoms with Crippen molar-refractivity contribution in [2.45, 2.75) is 20.0 Å². The Balaban J connectivity index is 1.57. The molecule has 7 nitrogen and oxygen atoms in total. The van der Waals surface area contributed by atoms with Gasteiger partial charge in [0.15, 0.2) is 11.8 Å². The number of hydrazine groups is 1. The lowest BCUT2D eigenvalue weighted by atomic mass is 10.3. The number of nitrogens with one attached hydrogen (secondary N) is 2. The first-order valence-electron chi connectivity index (χ1n) is 7.98. The van der Waals surface area contributed by atoms with E-state index in [1.807, 2.05) is 17.5 Å². The lowest BCUT2D eigenvalue weighted by molar-refractivity contribution is -0.128. The molecule has 1 aromatic carbocycles. The van der Waals surface area contributed by atoms with Crippen molar-refractivity contribution in [2.24, 2.45) is 0 Å². The molecule has 0 saturated carbocycles. The third-order valence-corrected chi connectivity index (χ3v) is 4.40. The Labute approximate surface area is 158 Å². The summed E-state index contributed by atoms with van der Waals surface area (Å²) in [5.41, 5.74) is 4.62. The van der Waals surface area contributed by atoms with Gasteiger partial charge in [0.1, 0.15) is 17.3 Å². The summed E-state index contributed by atoms with van der Waals surface area (Å²) < 4.78 is 23.8. The minimum atomic E-state index is -0.907. The van der Waals surface area contributed by atoms with Gasteiger partial charge < -0.3 is 9.15 Å². The largest absolute Gasteiger partial charge is 0.481 e. The molecule has 9 heteroatoms. The Morgan fingerprint density at radius 2 is 1.96 bits per heavy atom. The fourth-order valence-corrected chi connectivity index (χ4v) is 2.81. The van der Waals surface area contributed by atoms with Crippen molar-refractivity contribution < 1.29 is 23.1 Å². The molecule has 2 amide bonds. The first-order valence-corrected chi connectivity index (χ1v) is 8.85. The van der Waals surface area contributed by atoms with Crippen molar-refractivity contribution in [3.63, 3.8) is 0 Å². The lowest BCUT2D eigenvalue weighted by Gasteiger charge is -2.14. The number of hydrogen-bond donors (Lipinski definition) is 2. The number of carbonyl (C=O) groups excluding carboxylic acids is 2. The number of benzene rings is 1. The average Bonchev–Trinajstić information content (AvgIpc) is 3.30. The number of aromatic nitrogens is 1. The Bertz CT molecular complexity index is 938. The van der Waals surface area contributed by atoms with E-state index in [-0.39, 0.29) is 5.69 Å². The number of hydrogen-bond acceptors (Lipinski definition) is 6. The van der Waals surface area contributed by atoms with Crippen molar-refractivity contribution in [1.82, 2.24) is 15.8 Å². The smallest absolute Gasteiger partial charge is 0.291 e. The topological polar surface area (TPSA) is 93.5 Å². The number of halogens is 1. The van der Waals surface area contributed by atoms with Gasteiger partial charge in [0, 0.05) is 0 Å². The summed E-state index contributed by atoms with van der Waals surface area (Å²) in [6.45, 7) is 3.11. The van der Waals surface area contributed by atoms with E-state index in [1.165, 1.54) is 42.5 Å². The third kappa shape index (κ3) is 4.50. The Kier molecular flexibility index (Phi) is 5.51. The molecule has 0 spiro atoms. The van der Waals surface area contributed by atoms with Gasteiger partial charge in [-0.1, -0.05) is 6.07 Å². The Morgan fingerprint density at radius 3 is 2.63 bits per heavy atom. The zero-order valence-corrected chi connectivity index (χ0v) is 15.3. The van der Waals surface area contributed by atoms with Gasteiger partial charge in [0.2, 0.25) is 5.89 Å². The average molecular weight is 389 g/mol. The summed E-state index contributed by atoms with van der Waals surface area (Å²) in [4.78, 5) is 29.3. The first kappa shape index (κ1) is 18.6. The molecule has 1 atom stereocenters. The molecule has 0 saturated heterocycles. The second kappa shape index (κ2) is 8.00. The predicted molar refractivity (Wildman–Crippen MR) is 96.7 cm³/mol. The summed E-state index contributed by atoms with van der Waals surface area (Å²) in [5.74, 6) is -0.587. The van der Waals surface area contributed by atoms with Crippen LogP contribution in [-0.2, 0) is 4.79 Å². The number of nitrogens with zero attached hydrogens (tertiary/aromatic N) is 1. The van der Waals surface area contributed by atoms with Gasteiger partial charge >= 0.3 is 0 Å². The van der Waals surface area contributed by atoms with Crippen molar-refractivity contribution >= 4 is 23.2 Å². The molecular formula is C18H16FN3O4S. The van der Waals surface area contributed by atoms with E-state index in [9.17, 15) is 14.0 Å². The molecule has 0 aliphatic carbocycles. The van der Waals surface area contributed by atoms with Gasteiger partial charge in [-0.3, -0.25) is 20.4 Å². The zero-order chi connectivity index (χ0) is 19.4. The van der Waals surface area contributed by atoms with Gasteiger partial charge in [-0.05, 0) is 49.6 Å².